The Morgan fingerprint density at radius 1 is 1.29 bits per heavy atom. The number of fused-ring (bicyclic) bond motifs is 1. The van der Waals surface area contributed by atoms with Crippen LogP contribution in [0.15, 0.2) is 22.7 Å². The van der Waals surface area contributed by atoms with E-state index < -0.39 is 0 Å². The second-order valence-corrected chi connectivity index (χ2v) is 7.14. The van der Waals surface area contributed by atoms with Crippen molar-refractivity contribution in [1.82, 2.24) is 0 Å². The zero-order chi connectivity index (χ0) is 12.0. The number of amides is 1. The van der Waals surface area contributed by atoms with Gasteiger partial charge < -0.3 is 5.32 Å². The summed E-state index contributed by atoms with van der Waals surface area (Å²) in [7, 11) is 0. The molecule has 1 amide bonds. The Hall–Kier alpha value is -0.100. The SMILES string of the molecule is O=C(Nc1ccc(I)cc1Br)C1CC2CC2C1. The highest BCUT2D eigenvalue weighted by molar-refractivity contribution is 14.1. The largest absolute Gasteiger partial charge is 0.325 e. The Bertz CT molecular complexity index is 466. The van der Waals surface area contributed by atoms with E-state index in [1.165, 1.54) is 6.42 Å². The van der Waals surface area contributed by atoms with Crippen LogP contribution in [0, 0.1) is 21.3 Å². The van der Waals surface area contributed by atoms with Crippen LogP contribution in [-0.4, -0.2) is 5.91 Å². The van der Waals surface area contributed by atoms with Gasteiger partial charge in [-0.1, -0.05) is 0 Å². The normalized spacial score (nSPS) is 29.9. The van der Waals surface area contributed by atoms with Crippen LogP contribution in [-0.2, 0) is 4.79 Å². The molecule has 2 atom stereocenters. The molecule has 1 aromatic carbocycles. The maximum Gasteiger partial charge on any atom is 0.227 e. The van der Waals surface area contributed by atoms with Crippen molar-refractivity contribution in [3.05, 3.63) is 26.2 Å². The Labute approximate surface area is 123 Å². The lowest BCUT2D eigenvalue weighted by molar-refractivity contribution is -0.120. The van der Waals surface area contributed by atoms with E-state index >= 15 is 0 Å². The van der Waals surface area contributed by atoms with Crippen LogP contribution in [0.3, 0.4) is 0 Å². The molecule has 2 unspecified atom stereocenters. The molecule has 2 fully saturated rings. The average Bonchev–Trinajstić information content (AvgIpc) is 2.89. The van der Waals surface area contributed by atoms with Gasteiger partial charge in [0.15, 0.2) is 0 Å². The predicted octanol–water partition coefficient (Wildman–Crippen LogP) is 4.04. The number of hydrogen-bond donors (Lipinski definition) is 1. The Morgan fingerprint density at radius 2 is 2.00 bits per heavy atom. The standard InChI is InChI=1S/C13H13BrINO/c14-11-6-10(15)1-2-12(11)16-13(17)9-4-7-3-8(7)5-9/h1-2,6-9H,3-5H2,(H,16,17). The molecule has 0 bridgehead atoms. The first-order chi connectivity index (χ1) is 8.13. The minimum absolute atomic E-state index is 0.194. The third kappa shape index (κ3) is 2.52. The molecule has 4 heteroatoms. The van der Waals surface area contributed by atoms with E-state index in [1.54, 1.807) is 0 Å². The number of anilines is 1. The molecular formula is C13H13BrINO. The quantitative estimate of drug-likeness (QED) is 0.739. The number of carbonyl (C=O) groups excluding carboxylic acids is 1. The fourth-order valence-electron chi connectivity index (χ4n) is 2.75. The summed E-state index contributed by atoms with van der Waals surface area (Å²) in [5.74, 6) is 2.14. The topological polar surface area (TPSA) is 29.1 Å². The van der Waals surface area contributed by atoms with Gasteiger partial charge in [0.2, 0.25) is 5.91 Å². The summed E-state index contributed by atoms with van der Waals surface area (Å²) in [6.45, 7) is 0. The van der Waals surface area contributed by atoms with Crippen LogP contribution in [0.4, 0.5) is 5.69 Å². The first kappa shape index (κ1) is 12.0. The highest BCUT2D eigenvalue weighted by Crippen LogP contribution is 2.54. The summed E-state index contributed by atoms with van der Waals surface area (Å²) in [4.78, 5) is 12.1. The van der Waals surface area contributed by atoms with E-state index in [2.05, 4.69) is 43.8 Å². The van der Waals surface area contributed by atoms with Crippen molar-refractivity contribution in [1.29, 1.82) is 0 Å². The van der Waals surface area contributed by atoms with Gasteiger partial charge in [-0.25, -0.2) is 0 Å². The molecule has 0 heterocycles. The summed E-state index contributed by atoms with van der Waals surface area (Å²) in [6.07, 6.45) is 3.55. The van der Waals surface area contributed by atoms with Crippen molar-refractivity contribution < 1.29 is 4.79 Å². The molecule has 2 aliphatic carbocycles. The van der Waals surface area contributed by atoms with E-state index in [-0.39, 0.29) is 11.8 Å². The summed E-state index contributed by atoms with van der Waals surface area (Å²) in [6, 6.07) is 5.98. The Kier molecular flexibility index (Phi) is 3.19. The summed E-state index contributed by atoms with van der Waals surface area (Å²) in [5.41, 5.74) is 0.885. The van der Waals surface area contributed by atoms with Gasteiger partial charge in [-0.15, -0.1) is 0 Å². The molecular weight excluding hydrogens is 393 g/mol. The summed E-state index contributed by atoms with van der Waals surface area (Å²) < 4.78 is 2.12. The van der Waals surface area contributed by atoms with Crippen LogP contribution in [0.25, 0.3) is 0 Å². The zero-order valence-corrected chi connectivity index (χ0v) is 13.0. The number of carbonyl (C=O) groups is 1. The number of benzene rings is 1. The zero-order valence-electron chi connectivity index (χ0n) is 9.25. The second-order valence-electron chi connectivity index (χ2n) is 5.04. The van der Waals surface area contributed by atoms with E-state index in [0.717, 1.165) is 38.4 Å². The number of rotatable bonds is 2. The lowest BCUT2D eigenvalue weighted by Crippen LogP contribution is -2.21. The first-order valence-electron chi connectivity index (χ1n) is 5.89. The van der Waals surface area contributed by atoms with Crippen molar-refractivity contribution in [3.63, 3.8) is 0 Å². The van der Waals surface area contributed by atoms with Gasteiger partial charge in [0.1, 0.15) is 0 Å². The molecule has 2 nitrogen and oxygen atoms in total. The smallest absolute Gasteiger partial charge is 0.227 e. The number of hydrogen-bond acceptors (Lipinski definition) is 1. The fraction of sp³-hybridized carbons (Fsp3) is 0.462. The second kappa shape index (κ2) is 4.53. The highest BCUT2D eigenvalue weighted by atomic mass is 127. The molecule has 0 aromatic heterocycles. The molecule has 0 aliphatic heterocycles. The van der Waals surface area contributed by atoms with Crippen molar-refractivity contribution in [2.45, 2.75) is 19.3 Å². The lowest BCUT2D eigenvalue weighted by Gasteiger charge is -2.13. The molecule has 90 valence electrons. The molecule has 0 saturated heterocycles. The molecule has 3 rings (SSSR count). The van der Waals surface area contributed by atoms with Gasteiger partial charge in [0.25, 0.3) is 0 Å². The van der Waals surface area contributed by atoms with Gasteiger partial charge in [0.05, 0.1) is 5.69 Å². The van der Waals surface area contributed by atoms with Gasteiger partial charge in [0, 0.05) is 14.0 Å². The van der Waals surface area contributed by atoms with Crippen LogP contribution in [0.5, 0.6) is 0 Å². The van der Waals surface area contributed by atoms with Crippen LogP contribution >= 0.6 is 38.5 Å². The molecule has 0 spiro atoms. The van der Waals surface area contributed by atoms with Gasteiger partial charge in [-0.3, -0.25) is 4.79 Å². The third-order valence-corrected chi connectivity index (χ3v) is 5.13. The number of nitrogens with one attached hydrogen (secondary N) is 1. The monoisotopic (exact) mass is 405 g/mol. The lowest BCUT2D eigenvalue weighted by atomic mass is 10.0. The summed E-state index contributed by atoms with van der Waals surface area (Å²) >= 11 is 5.74. The van der Waals surface area contributed by atoms with Crippen molar-refractivity contribution in [2.24, 2.45) is 17.8 Å². The van der Waals surface area contributed by atoms with Crippen LogP contribution < -0.4 is 5.32 Å². The molecule has 1 N–H and O–H groups in total. The van der Waals surface area contributed by atoms with E-state index in [9.17, 15) is 4.79 Å². The van der Waals surface area contributed by atoms with Crippen LogP contribution in [0.1, 0.15) is 19.3 Å². The average molecular weight is 406 g/mol. The first-order valence-corrected chi connectivity index (χ1v) is 7.76. The molecule has 17 heavy (non-hydrogen) atoms. The molecule has 0 radical (unpaired) electrons. The van der Waals surface area contributed by atoms with Crippen molar-refractivity contribution in [2.75, 3.05) is 5.32 Å². The van der Waals surface area contributed by atoms with E-state index in [0.29, 0.717) is 0 Å². The maximum atomic E-state index is 12.1. The molecule has 2 saturated carbocycles. The molecule has 2 aliphatic rings. The summed E-state index contributed by atoms with van der Waals surface area (Å²) in [5, 5.41) is 3.03. The van der Waals surface area contributed by atoms with Gasteiger partial charge in [-0.05, 0) is 87.8 Å². The number of halogens is 2. The Morgan fingerprint density at radius 3 is 2.65 bits per heavy atom. The van der Waals surface area contributed by atoms with Crippen molar-refractivity contribution >= 4 is 50.1 Å². The highest BCUT2D eigenvalue weighted by Gasteiger charge is 2.47. The van der Waals surface area contributed by atoms with E-state index in [1.807, 2.05) is 18.2 Å². The third-order valence-electron chi connectivity index (χ3n) is 3.80. The van der Waals surface area contributed by atoms with E-state index in [4.69, 9.17) is 0 Å². The van der Waals surface area contributed by atoms with Gasteiger partial charge >= 0.3 is 0 Å². The minimum Gasteiger partial charge on any atom is -0.325 e. The minimum atomic E-state index is 0.194. The maximum absolute atomic E-state index is 12.1. The van der Waals surface area contributed by atoms with Crippen molar-refractivity contribution in [3.8, 4) is 0 Å². The van der Waals surface area contributed by atoms with Crippen LogP contribution in [0.2, 0.25) is 0 Å². The van der Waals surface area contributed by atoms with Gasteiger partial charge in [-0.2, -0.15) is 0 Å². The fourth-order valence-corrected chi connectivity index (χ4v) is 4.15. The molecule has 1 aromatic rings. The Balaban J connectivity index is 1.67. The predicted molar refractivity (Wildman–Crippen MR) is 79.8 cm³/mol.